The molecule has 2 N–H and O–H groups in total. The van der Waals surface area contributed by atoms with Gasteiger partial charge in [0.1, 0.15) is 22.0 Å². The number of nitrogens with zero attached hydrogens (tertiary/aromatic N) is 1. The van der Waals surface area contributed by atoms with Crippen molar-refractivity contribution in [2.45, 2.75) is 10.6 Å². The van der Waals surface area contributed by atoms with Gasteiger partial charge in [-0.05, 0) is 30.3 Å². The van der Waals surface area contributed by atoms with Gasteiger partial charge in [0.25, 0.3) is 0 Å². The van der Waals surface area contributed by atoms with Crippen molar-refractivity contribution in [1.29, 1.82) is 0 Å². The Bertz CT molecular complexity index is 1030. The molecular formula is C19H20BrNO7S. The number of ether oxygens (including phenoxy) is 2. The molecular weight excluding hydrogens is 466 g/mol. The molecule has 0 aromatic heterocycles. The van der Waals surface area contributed by atoms with Crippen LogP contribution in [0.4, 0.5) is 5.69 Å². The van der Waals surface area contributed by atoms with Gasteiger partial charge < -0.3 is 24.6 Å². The Kier molecular flexibility index (Phi) is 6.35. The summed E-state index contributed by atoms with van der Waals surface area (Å²) in [6.45, 7) is 2.03. The predicted molar refractivity (Wildman–Crippen MR) is 110 cm³/mol. The van der Waals surface area contributed by atoms with Crippen LogP contribution in [0, 0.1) is 0 Å². The van der Waals surface area contributed by atoms with E-state index in [0.717, 1.165) is 0 Å². The maximum atomic E-state index is 13.1. The molecule has 0 spiro atoms. The van der Waals surface area contributed by atoms with E-state index in [1.54, 1.807) is 6.07 Å². The Morgan fingerprint density at radius 3 is 2.55 bits per heavy atom. The summed E-state index contributed by atoms with van der Waals surface area (Å²) in [6, 6.07) is 7.43. The summed E-state index contributed by atoms with van der Waals surface area (Å²) in [4.78, 5) is 13.5. The highest BCUT2D eigenvalue weighted by molar-refractivity contribution is 9.10. The molecule has 0 amide bonds. The number of hydrogen-bond acceptors (Lipinski definition) is 7. The quantitative estimate of drug-likeness (QED) is 0.641. The number of methoxy groups -OCH3 is 1. The van der Waals surface area contributed by atoms with Crippen LogP contribution in [0.25, 0.3) is 0 Å². The molecule has 1 fully saturated rings. The highest BCUT2D eigenvalue weighted by Crippen LogP contribution is 2.35. The minimum atomic E-state index is -3.94. The number of phenols is 1. The number of carbonyl (C=O) groups is 1. The lowest BCUT2D eigenvalue weighted by Gasteiger charge is -2.29. The normalized spacial score (nSPS) is 14.6. The fourth-order valence-electron chi connectivity index (χ4n) is 3.13. The lowest BCUT2D eigenvalue weighted by molar-refractivity contribution is 0.0693. The maximum Gasteiger partial charge on any atom is 0.339 e. The van der Waals surface area contributed by atoms with Gasteiger partial charge in [-0.2, -0.15) is 0 Å². The number of carboxylic acid groups (broad SMARTS) is 1. The molecule has 0 bridgehead atoms. The first-order valence-corrected chi connectivity index (χ1v) is 11.2. The molecule has 0 unspecified atom stereocenters. The van der Waals surface area contributed by atoms with E-state index in [1.807, 2.05) is 4.90 Å². The van der Waals surface area contributed by atoms with E-state index >= 15 is 0 Å². The first-order chi connectivity index (χ1) is 13.7. The number of carboxylic acids is 1. The second kappa shape index (κ2) is 8.60. The van der Waals surface area contributed by atoms with Crippen molar-refractivity contribution in [3.8, 4) is 11.5 Å². The summed E-state index contributed by atoms with van der Waals surface area (Å²) in [5, 5.41) is 19.9. The van der Waals surface area contributed by atoms with Crippen molar-refractivity contribution >= 4 is 37.4 Å². The van der Waals surface area contributed by atoms with Gasteiger partial charge >= 0.3 is 5.97 Å². The van der Waals surface area contributed by atoms with Gasteiger partial charge in [0, 0.05) is 28.8 Å². The van der Waals surface area contributed by atoms with E-state index in [2.05, 4.69) is 15.9 Å². The topological polar surface area (TPSA) is 113 Å². The summed E-state index contributed by atoms with van der Waals surface area (Å²) in [6.07, 6.45) is 0. The third-order valence-corrected chi connectivity index (χ3v) is 6.76. The van der Waals surface area contributed by atoms with Crippen LogP contribution in [0.1, 0.15) is 15.9 Å². The maximum absolute atomic E-state index is 13.1. The van der Waals surface area contributed by atoms with Crippen LogP contribution in [0.5, 0.6) is 11.5 Å². The summed E-state index contributed by atoms with van der Waals surface area (Å²) >= 11 is 3.25. The highest BCUT2D eigenvalue weighted by atomic mass is 79.9. The summed E-state index contributed by atoms with van der Waals surface area (Å²) in [5.41, 5.74) is 0.184. The number of anilines is 1. The molecule has 8 nitrogen and oxygen atoms in total. The highest BCUT2D eigenvalue weighted by Gasteiger charge is 2.26. The van der Waals surface area contributed by atoms with Crippen molar-refractivity contribution in [1.82, 2.24) is 0 Å². The van der Waals surface area contributed by atoms with Crippen LogP contribution in [-0.4, -0.2) is 58.0 Å². The van der Waals surface area contributed by atoms with Crippen molar-refractivity contribution < 1.29 is 32.9 Å². The molecule has 1 heterocycles. The van der Waals surface area contributed by atoms with E-state index in [4.69, 9.17) is 9.47 Å². The number of sulfone groups is 1. The van der Waals surface area contributed by atoms with Crippen LogP contribution in [0.2, 0.25) is 0 Å². The molecule has 1 saturated heterocycles. The van der Waals surface area contributed by atoms with Gasteiger partial charge in [0.05, 0.1) is 26.1 Å². The zero-order valence-electron chi connectivity index (χ0n) is 15.6. The first kappa shape index (κ1) is 21.4. The predicted octanol–water partition coefficient (Wildman–Crippen LogP) is 2.67. The Balaban J connectivity index is 2.06. The Morgan fingerprint density at radius 2 is 1.93 bits per heavy atom. The smallest absolute Gasteiger partial charge is 0.339 e. The fraction of sp³-hybridized carbons (Fsp3) is 0.316. The fourth-order valence-corrected chi connectivity index (χ4v) is 5.19. The monoisotopic (exact) mass is 485 g/mol. The Morgan fingerprint density at radius 1 is 1.24 bits per heavy atom. The minimum absolute atomic E-state index is 0.00780. The minimum Gasteiger partial charge on any atom is -0.507 e. The zero-order chi connectivity index (χ0) is 21.2. The number of hydrogen-bond donors (Lipinski definition) is 2. The third-order valence-electron chi connectivity index (χ3n) is 4.59. The van der Waals surface area contributed by atoms with Crippen LogP contribution >= 0.6 is 15.9 Å². The van der Waals surface area contributed by atoms with Gasteiger partial charge in [0.15, 0.2) is 9.84 Å². The van der Waals surface area contributed by atoms with Crippen LogP contribution < -0.4 is 9.64 Å². The van der Waals surface area contributed by atoms with Crippen molar-refractivity contribution in [2.24, 2.45) is 0 Å². The average molecular weight is 486 g/mol. The molecule has 1 aliphatic heterocycles. The molecule has 0 saturated carbocycles. The number of morpholine rings is 1. The SMILES string of the molecule is COc1ccc(Br)cc1S(=O)(=O)Cc1cc(N2CCOCC2)cc(C(=O)O)c1O. The molecule has 2 aromatic rings. The standard InChI is InChI=1S/C19H20BrNO7S/c1-27-16-3-2-13(20)9-17(16)29(25,26)11-12-8-14(21-4-6-28-7-5-21)10-15(18(12)22)19(23)24/h2-3,8-10,22H,4-7,11H2,1H3,(H,23,24). The third kappa shape index (κ3) is 4.65. The Labute approximate surface area is 176 Å². The molecule has 1 aliphatic rings. The molecule has 0 radical (unpaired) electrons. The van der Waals surface area contributed by atoms with Gasteiger partial charge in [-0.15, -0.1) is 0 Å². The van der Waals surface area contributed by atoms with E-state index in [-0.39, 0.29) is 21.8 Å². The first-order valence-electron chi connectivity index (χ1n) is 8.71. The number of aromatic hydroxyl groups is 1. The van der Waals surface area contributed by atoms with Crippen molar-refractivity contribution in [2.75, 3.05) is 38.3 Å². The lowest BCUT2D eigenvalue weighted by atomic mass is 10.1. The van der Waals surface area contributed by atoms with Gasteiger partial charge in [0.2, 0.25) is 0 Å². The molecule has 3 rings (SSSR count). The molecule has 2 aromatic carbocycles. The summed E-state index contributed by atoms with van der Waals surface area (Å²) < 4.78 is 37.1. The largest absolute Gasteiger partial charge is 0.507 e. The van der Waals surface area contributed by atoms with E-state index in [9.17, 15) is 23.4 Å². The number of aromatic carboxylic acids is 1. The van der Waals surface area contributed by atoms with Crippen molar-refractivity contribution in [3.05, 3.63) is 45.9 Å². The summed E-state index contributed by atoms with van der Waals surface area (Å²) in [7, 11) is -2.58. The van der Waals surface area contributed by atoms with E-state index in [1.165, 1.54) is 31.4 Å². The van der Waals surface area contributed by atoms with Crippen LogP contribution in [-0.2, 0) is 20.3 Å². The number of benzene rings is 2. The van der Waals surface area contributed by atoms with E-state index < -0.39 is 27.3 Å². The van der Waals surface area contributed by atoms with Crippen LogP contribution in [0.15, 0.2) is 39.7 Å². The van der Waals surface area contributed by atoms with Gasteiger partial charge in [-0.1, -0.05) is 15.9 Å². The Hall–Kier alpha value is -2.30. The van der Waals surface area contributed by atoms with Gasteiger partial charge in [-0.25, -0.2) is 13.2 Å². The van der Waals surface area contributed by atoms with Crippen molar-refractivity contribution in [3.63, 3.8) is 0 Å². The molecule has 156 valence electrons. The average Bonchev–Trinajstić information content (AvgIpc) is 2.69. The van der Waals surface area contributed by atoms with Crippen LogP contribution in [0.3, 0.4) is 0 Å². The van der Waals surface area contributed by atoms with E-state index in [0.29, 0.717) is 36.5 Å². The number of halogens is 1. The second-order valence-corrected chi connectivity index (χ2v) is 9.33. The molecule has 29 heavy (non-hydrogen) atoms. The molecule has 10 heteroatoms. The lowest BCUT2D eigenvalue weighted by Crippen LogP contribution is -2.36. The number of rotatable bonds is 6. The second-order valence-electron chi connectivity index (χ2n) is 6.46. The molecule has 0 atom stereocenters. The van der Waals surface area contributed by atoms with Gasteiger partial charge in [-0.3, -0.25) is 0 Å². The summed E-state index contributed by atoms with van der Waals surface area (Å²) in [5.74, 6) is -2.32. The molecule has 0 aliphatic carbocycles. The zero-order valence-corrected chi connectivity index (χ0v) is 18.0.